The minimum atomic E-state index is 0. The summed E-state index contributed by atoms with van der Waals surface area (Å²) in [5.74, 6) is 0.428. The summed E-state index contributed by atoms with van der Waals surface area (Å²) in [7, 11) is 0. The third-order valence-corrected chi connectivity index (χ3v) is 4.58. The fourth-order valence-corrected chi connectivity index (χ4v) is 3.31. The maximum absolute atomic E-state index is 6.08. The summed E-state index contributed by atoms with van der Waals surface area (Å²) < 4.78 is 2.00. The minimum Gasteiger partial charge on any atom is -0.370 e. The van der Waals surface area contributed by atoms with Crippen molar-refractivity contribution in [1.82, 2.24) is 9.38 Å². The number of nitrogens with zero attached hydrogens (tertiary/aromatic N) is 3. The Hall–Kier alpha value is -1.61. The number of hydrogen-bond acceptors (Lipinski definition) is 3. The first-order valence-electron chi connectivity index (χ1n) is 7.80. The third-order valence-electron chi connectivity index (χ3n) is 3.81. The molecular formula is C17H22IN5S. The van der Waals surface area contributed by atoms with Crippen LogP contribution in [-0.4, -0.2) is 15.3 Å². The van der Waals surface area contributed by atoms with Crippen molar-refractivity contribution in [2.24, 2.45) is 10.7 Å². The number of nitrogens with two attached hydrogens (primary N) is 1. The fraction of sp³-hybridized carbons (Fsp3) is 0.294. The van der Waals surface area contributed by atoms with Crippen molar-refractivity contribution in [3.63, 3.8) is 0 Å². The summed E-state index contributed by atoms with van der Waals surface area (Å²) in [5, 5.41) is 5.29. The molecule has 2 aromatic heterocycles. The van der Waals surface area contributed by atoms with Gasteiger partial charge in [-0.2, -0.15) is 0 Å². The number of hydrogen-bond donors (Lipinski definition) is 2. The normalized spacial score (nSPS) is 11.5. The minimum absolute atomic E-state index is 0. The molecule has 0 amide bonds. The predicted molar refractivity (Wildman–Crippen MR) is 113 cm³/mol. The predicted octanol–water partition coefficient (Wildman–Crippen LogP) is 4.07. The molecule has 3 aromatic rings. The number of para-hydroxylation sites is 1. The van der Waals surface area contributed by atoms with Gasteiger partial charge in [0.05, 0.1) is 12.2 Å². The van der Waals surface area contributed by atoms with E-state index in [0.29, 0.717) is 12.5 Å². The molecule has 0 saturated carbocycles. The molecule has 5 nitrogen and oxygen atoms in total. The highest BCUT2D eigenvalue weighted by molar-refractivity contribution is 14.0. The zero-order chi connectivity index (χ0) is 16.2. The number of thiazole rings is 1. The summed E-state index contributed by atoms with van der Waals surface area (Å²) >= 11 is 1.61. The molecule has 24 heavy (non-hydrogen) atoms. The smallest absolute Gasteiger partial charge is 0.193 e. The zero-order valence-corrected chi connectivity index (χ0v) is 17.0. The maximum Gasteiger partial charge on any atom is 0.193 e. The Morgan fingerprint density at radius 3 is 2.62 bits per heavy atom. The quantitative estimate of drug-likeness (QED) is 0.346. The molecule has 2 heterocycles. The lowest BCUT2D eigenvalue weighted by Gasteiger charge is -2.14. The number of anilines is 1. The van der Waals surface area contributed by atoms with E-state index in [4.69, 9.17) is 5.73 Å². The van der Waals surface area contributed by atoms with E-state index >= 15 is 0 Å². The molecule has 0 aliphatic rings. The number of guanidine groups is 1. The first-order chi connectivity index (χ1) is 11.2. The first kappa shape index (κ1) is 18.7. The number of aryl methyl sites for hydroxylation is 2. The topological polar surface area (TPSA) is 67.7 Å². The van der Waals surface area contributed by atoms with E-state index in [1.54, 1.807) is 11.3 Å². The van der Waals surface area contributed by atoms with Crippen LogP contribution in [0.15, 0.2) is 41.0 Å². The van der Waals surface area contributed by atoms with E-state index in [-0.39, 0.29) is 24.0 Å². The summed E-state index contributed by atoms with van der Waals surface area (Å²) in [4.78, 5) is 9.92. The molecule has 0 atom stereocenters. The van der Waals surface area contributed by atoms with Crippen LogP contribution in [-0.2, 0) is 19.4 Å². The number of aromatic nitrogens is 2. The van der Waals surface area contributed by atoms with Gasteiger partial charge in [0, 0.05) is 23.5 Å². The molecule has 7 heteroatoms. The van der Waals surface area contributed by atoms with Crippen molar-refractivity contribution in [1.29, 1.82) is 0 Å². The van der Waals surface area contributed by atoms with Crippen LogP contribution in [0.3, 0.4) is 0 Å². The van der Waals surface area contributed by atoms with Crippen molar-refractivity contribution < 1.29 is 0 Å². The summed E-state index contributed by atoms with van der Waals surface area (Å²) in [5.41, 5.74) is 10.6. The Labute approximate surface area is 163 Å². The Bertz CT molecular complexity index is 786. The fourth-order valence-electron chi connectivity index (χ4n) is 2.59. The molecule has 3 N–H and O–H groups in total. The van der Waals surface area contributed by atoms with Crippen molar-refractivity contribution >= 4 is 51.9 Å². The van der Waals surface area contributed by atoms with Crippen LogP contribution in [0.1, 0.15) is 30.7 Å². The van der Waals surface area contributed by atoms with Gasteiger partial charge in [0.2, 0.25) is 0 Å². The molecule has 1 aromatic carbocycles. The highest BCUT2D eigenvalue weighted by Gasteiger charge is 2.07. The van der Waals surface area contributed by atoms with E-state index in [9.17, 15) is 0 Å². The highest BCUT2D eigenvalue weighted by atomic mass is 127. The second-order valence-corrected chi connectivity index (χ2v) is 6.18. The van der Waals surface area contributed by atoms with E-state index in [1.165, 1.54) is 11.1 Å². The molecule has 0 aliphatic carbocycles. The van der Waals surface area contributed by atoms with E-state index < -0.39 is 0 Å². The van der Waals surface area contributed by atoms with Gasteiger partial charge < -0.3 is 11.1 Å². The lowest BCUT2D eigenvalue weighted by molar-refractivity contribution is 1.01. The molecule has 0 fully saturated rings. The largest absolute Gasteiger partial charge is 0.370 e. The van der Waals surface area contributed by atoms with Crippen LogP contribution < -0.4 is 11.1 Å². The van der Waals surface area contributed by atoms with Gasteiger partial charge in [-0.15, -0.1) is 35.3 Å². The van der Waals surface area contributed by atoms with Gasteiger partial charge in [0.1, 0.15) is 0 Å². The third kappa shape index (κ3) is 4.07. The molecule has 0 bridgehead atoms. The van der Waals surface area contributed by atoms with E-state index in [1.807, 2.05) is 22.2 Å². The van der Waals surface area contributed by atoms with Gasteiger partial charge in [-0.05, 0) is 24.0 Å². The Balaban J connectivity index is 0.00000208. The van der Waals surface area contributed by atoms with Crippen molar-refractivity contribution in [3.05, 3.63) is 52.8 Å². The number of imidazole rings is 1. The van der Waals surface area contributed by atoms with Gasteiger partial charge in [-0.3, -0.25) is 4.40 Å². The lowest BCUT2D eigenvalue weighted by atomic mass is 10.0. The zero-order valence-electron chi connectivity index (χ0n) is 13.8. The van der Waals surface area contributed by atoms with E-state index in [0.717, 1.165) is 29.2 Å². The van der Waals surface area contributed by atoms with Crippen LogP contribution in [0.25, 0.3) is 4.96 Å². The number of nitrogens with one attached hydrogen (secondary N) is 1. The molecule has 0 spiro atoms. The molecule has 0 saturated heterocycles. The maximum atomic E-state index is 6.08. The average molecular weight is 455 g/mol. The Kier molecular flexibility index (Phi) is 6.61. The number of halogens is 1. The summed E-state index contributed by atoms with van der Waals surface area (Å²) in [6.45, 7) is 4.76. The van der Waals surface area contributed by atoms with Crippen molar-refractivity contribution in [3.8, 4) is 0 Å². The molecule has 0 aliphatic heterocycles. The highest BCUT2D eigenvalue weighted by Crippen LogP contribution is 2.22. The van der Waals surface area contributed by atoms with Gasteiger partial charge >= 0.3 is 0 Å². The Morgan fingerprint density at radius 1 is 1.29 bits per heavy atom. The number of benzene rings is 1. The Morgan fingerprint density at radius 2 is 2.00 bits per heavy atom. The number of aliphatic imine (C=N–C) groups is 1. The summed E-state index contributed by atoms with van der Waals surface area (Å²) in [6, 6.07) is 6.34. The van der Waals surface area contributed by atoms with Gasteiger partial charge in [-0.1, -0.05) is 32.0 Å². The van der Waals surface area contributed by atoms with Gasteiger partial charge in [0.15, 0.2) is 10.9 Å². The summed E-state index contributed by atoms with van der Waals surface area (Å²) in [6.07, 6.45) is 5.90. The van der Waals surface area contributed by atoms with Crippen LogP contribution in [0.4, 0.5) is 5.69 Å². The van der Waals surface area contributed by atoms with Gasteiger partial charge in [-0.25, -0.2) is 9.98 Å². The number of rotatable bonds is 5. The van der Waals surface area contributed by atoms with Crippen LogP contribution >= 0.6 is 35.3 Å². The first-order valence-corrected chi connectivity index (χ1v) is 8.68. The number of fused-ring (bicyclic) bond motifs is 1. The monoisotopic (exact) mass is 455 g/mol. The molecular weight excluding hydrogens is 433 g/mol. The van der Waals surface area contributed by atoms with Crippen LogP contribution in [0.2, 0.25) is 0 Å². The standard InChI is InChI=1S/C17H21N5S.HI/c1-3-12-6-5-7-13(4-2)15(12)21-16(18)19-10-14-11-22-8-9-23-17(22)20-14;/h5-9,11H,3-4,10H2,1-2H3,(H3,18,19,21);1H. The average Bonchev–Trinajstić information content (AvgIpc) is 3.14. The van der Waals surface area contributed by atoms with Crippen molar-refractivity contribution in [2.45, 2.75) is 33.2 Å². The van der Waals surface area contributed by atoms with Crippen LogP contribution in [0, 0.1) is 0 Å². The molecule has 128 valence electrons. The second-order valence-electron chi connectivity index (χ2n) is 5.31. The van der Waals surface area contributed by atoms with Crippen molar-refractivity contribution in [2.75, 3.05) is 5.32 Å². The molecule has 0 unspecified atom stereocenters. The molecule has 0 radical (unpaired) electrons. The van der Waals surface area contributed by atoms with E-state index in [2.05, 4.69) is 47.3 Å². The lowest BCUT2D eigenvalue weighted by Crippen LogP contribution is -2.24. The SMILES string of the molecule is CCc1cccc(CC)c1NC(N)=NCc1cn2ccsc2n1.I. The molecule has 3 rings (SSSR count). The van der Waals surface area contributed by atoms with Crippen LogP contribution in [0.5, 0.6) is 0 Å². The van der Waals surface area contributed by atoms with Gasteiger partial charge in [0.25, 0.3) is 0 Å². The second kappa shape index (κ2) is 8.48.